The fraction of sp³-hybridized carbons (Fsp3) is 0.391. The number of hydrogen-bond acceptors (Lipinski definition) is 2. The zero-order valence-corrected chi connectivity index (χ0v) is 16.7. The summed E-state index contributed by atoms with van der Waals surface area (Å²) in [5.74, 6) is -0.150. The highest BCUT2D eigenvalue weighted by Gasteiger charge is 2.30. The van der Waals surface area contributed by atoms with Gasteiger partial charge >= 0.3 is 0 Å². The summed E-state index contributed by atoms with van der Waals surface area (Å²) in [5.41, 5.74) is 1.62. The van der Waals surface area contributed by atoms with E-state index in [-0.39, 0.29) is 23.8 Å². The van der Waals surface area contributed by atoms with Gasteiger partial charge in [0.2, 0.25) is 11.8 Å². The molecule has 0 spiro atoms. The monoisotopic (exact) mass is 366 g/mol. The summed E-state index contributed by atoms with van der Waals surface area (Å²) in [7, 11) is 0. The molecular weight excluding hydrogens is 336 g/mol. The summed E-state index contributed by atoms with van der Waals surface area (Å²) in [4.78, 5) is 27.7. The molecule has 0 aromatic heterocycles. The molecule has 4 heteroatoms. The molecule has 0 saturated heterocycles. The number of benzene rings is 2. The van der Waals surface area contributed by atoms with Crippen LogP contribution in [0.4, 0.5) is 0 Å². The van der Waals surface area contributed by atoms with Crippen LogP contribution in [0.1, 0.15) is 45.2 Å². The van der Waals surface area contributed by atoms with Crippen LogP contribution in [0.25, 0.3) is 0 Å². The normalized spacial score (nSPS) is 12.3. The Morgan fingerprint density at radius 1 is 0.926 bits per heavy atom. The van der Waals surface area contributed by atoms with Crippen molar-refractivity contribution in [2.75, 3.05) is 0 Å². The second kappa shape index (κ2) is 9.36. The van der Waals surface area contributed by atoms with Gasteiger partial charge in [-0.05, 0) is 38.3 Å². The Morgan fingerprint density at radius 3 is 1.93 bits per heavy atom. The number of nitrogens with zero attached hydrogens (tertiary/aromatic N) is 1. The maximum absolute atomic E-state index is 13.1. The minimum atomic E-state index is -0.499. The van der Waals surface area contributed by atoms with Crippen LogP contribution in [-0.4, -0.2) is 28.3 Å². The van der Waals surface area contributed by atoms with Crippen LogP contribution in [0.15, 0.2) is 60.7 Å². The quantitative estimate of drug-likeness (QED) is 0.806. The molecule has 2 amide bonds. The minimum absolute atomic E-state index is 0.0408. The van der Waals surface area contributed by atoms with Crippen molar-refractivity contribution in [1.29, 1.82) is 0 Å². The molecule has 2 aromatic carbocycles. The molecule has 0 radical (unpaired) electrons. The second-order valence-electron chi connectivity index (χ2n) is 7.83. The summed E-state index contributed by atoms with van der Waals surface area (Å²) in [6, 6.07) is 19.0. The molecule has 27 heavy (non-hydrogen) atoms. The zero-order valence-electron chi connectivity index (χ0n) is 16.7. The van der Waals surface area contributed by atoms with Gasteiger partial charge in [0.1, 0.15) is 6.04 Å². The summed E-state index contributed by atoms with van der Waals surface area (Å²) >= 11 is 0. The van der Waals surface area contributed by atoms with Gasteiger partial charge in [0, 0.05) is 12.1 Å². The number of amides is 2. The third-order valence-corrected chi connectivity index (χ3v) is 4.28. The van der Waals surface area contributed by atoms with Crippen molar-refractivity contribution in [2.24, 2.45) is 0 Å². The number of rotatable bonds is 7. The first-order valence-electron chi connectivity index (χ1n) is 9.49. The van der Waals surface area contributed by atoms with Gasteiger partial charge < -0.3 is 10.2 Å². The molecular formula is C23H30N2O2. The van der Waals surface area contributed by atoms with Crippen LogP contribution in [0.5, 0.6) is 0 Å². The van der Waals surface area contributed by atoms with Gasteiger partial charge in [-0.1, -0.05) is 67.6 Å². The smallest absolute Gasteiger partial charge is 0.243 e. The fourth-order valence-electron chi connectivity index (χ4n) is 3.02. The van der Waals surface area contributed by atoms with Crippen molar-refractivity contribution in [2.45, 2.75) is 58.7 Å². The lowest BCUT2D eigenvalue weighted by molar-refractivity contribution is -0.141. The zero-order chi connectivity index (χ0) is 19.9. The van der Waals surface area contributed by atoms with Gasteiger partial charge in [-0.2, -0.15) is 0 Å². The van der Waals surface area contributed by atoms with E-state index in [4.69, 9.17) is 0 Å². The predicted molar refractivity (Wildman–Crippen MR) is 109 cm³/mol. The van der Waals surface area contributed by atoms with Crippen molar-refractivity contribution in [3.05, 3.63) is 71.8 Å². The van der Waals surface area contributed by atoms with Gasteiger partial charge in [-0.25, -0.2) is 0 Å². The average Bonchev–Trinajstić information content (AvgIpc) is 2.61. The first-order chi connectivity index (χ1) is 12.8. The third-order valence-electron chi connectivity index (χ3n) is 4.28. The molecule has 0 unspecified atom stereocenters. The summed E-state index contributed by atoms with van der Waals surface area (Å²) in [6.07, 6.45) is 0.849. The van der Waals surface area contributed by atoms with Gasteiger partial charge in [-0.3, -0.25) is 9.59 Å². The van der Waals surface area contributed by atoms with Crippen LogP contribution in [0.3, 0.4) is 0 Å². The number of hydrogen-bond donors (Lipinski definition) is 1. The van der Waals surface area contributed by atoms with E-state index in [9.17, 15) is 9.59 Å². The molecule has 4 nitrogen and oxygen atoms in total. The molecule has 2 aromatic rings. The topological polar surface area (TPSA) is 49.4 Å². The molecule has 0 aliphatic heterocycles. The summed E-state index contributed by atoms with van der Waals surface area (Å²) in [5, 5.41) is 3.02. The Hall–Kier alpha value is -2.62. The van der Waals surface area contributed by atoms with Crippen molar-refractivity contribution in [1.82, 2.24) is 10.2 Å². The SMILES string of the molecule is CC[C@H](C(=O)NC(C)(C)C)N(Cc1ccccc1)C(=O)Cc1ccccc1. The van der Waals surface area contributed by atoms with Crippen molar-refractivity contribution >= 4 is 11.8 Å². The summed E-state index contributed by atoms with van der Waals surface area (Å²) in [6.45, 7) is 8.21. The van der Waals surface area contributed by atoms with E-state index in [0.29, 0.717) is 13.0 Å². The maximum Gasteiger partial charge on any atom is 0.243 e. The highest BCUT2D eigenvalue weighted by atomic mass is 16.2. The molecule has 1 N–H and O–H groups in total. The summed E-state index contributed by atoms with van der Waals surface area (Å²) < 4.78 is 0. The van der Waals surface area contributed by atoms with E-state index in [2.05, 4.69) is 5.32 Å². The third kappa shape index (κ3) is 6.55. The predicted octanol–water partition coefficient (Wildman–Crippen LogP) is 3.95. The van der Waals surface area contributed by atoms with E-state index in [1.54, 1.807) is 4.90 Å². The average molecular weight is 367 g/mol. The van der Waals surface area contributed by atoms with Crippen LogP contribution in [-0.2, 0) is 22.6 Å². The lowest BCUT2D eigenvalue weighted by Crippen LogP contribution is -2.53. The standard InChI is InChI=1S/C23H30N2O2/c1-5-20(22(27)24-23(2,3)4)25(17-19-14-10-7-11-15-19)21(26)16-18-12-8-6-9-13-18/h6-15,20H,5,16-17H2,1-4H3,(H,24,27)/t20-/m1/s1. The highest BCUT2D eigenvalue weighted by Crippen LogP contribution is 2.15. The molecule has 2 rings (SSSR count). The van der Waals surface area contributed by atoms with Crippen LogP contribution in [0.2, 0.25) is 0 Å². The van der Waals surface area contributed by atoms with E-state index in [0.717, 1.165) is 11.1 Å². The Balaban J connectivity index is 2.26. The first-order valence-corrected chi connectivity index (χ1v) is 9.49. The van der Waals surface area contributed by atoms with Crippen LogP contribution < -0.4 is 5.32 Å². The van der Waals surface area contributed by atoms with Gasteiger partial charge in [0.15, 0.2) is 0 Å². The molecule has 0 aliphatic rings. The molecule has 0 aliphatic carbocycles. The van der Waals surface area contributed by atoms with Crippen LogP contribution >= 0.6 is 0 Å². The molecule has 0 heterocycles. The van der Waals surface area contributed by atoms with E-state index < -0.39 is 6.04 Å². The molecule has 0 fully saturated rings. The highest BCUT2D eigenvalue weighted by molar-refractivity contribution is 5.88. The van der Waals surface area contributed by atoms with E-state index in [1.165, 1.54) is 0 Å². The van der Waals surface area contributed by atoms with Gasteiger partial charge in [0.05, 0.1) is 6.42 Å². The molecule has 1 atom stereocenters. The molecule has 144 valence electrons. The lowest BCUT2D eigenvalue weighted by atomic mass is 10.0. The Bertz CT molecular complexity index is 736. The minimum Gasteiger partial charge on any atom is -0.350 e. The Morgan fingerprint density at radius 2 is 1.44 bits per heavy atom. The first kappa shape index (κ1) is 20.7. The largest absolute Gasteiger partial charge is 0.350 e. The maximum atomic E-state index is 13.1. The molecule has 0 saturated carbocycles. The van der Waals surface area contributed by atoms with Gasteiger partial charge in [-0.15, -0.1) is 0 Å². The van der Waals surface area contributed by atoms with E-state index in [1.807, 2.05) is 88.4 Å². The Labute approximate surface area is 162 Å². The fourth-order valence-corrected chi connectivity index (χ4v) is 3.02. The van der Waals surface area contributed by atoms with Crippen molar-refractivity contribution < 1.29 is 9.59 Å². The number of nitrogens with one attached hydrogen (secondary N) is 1. The van der Waals surface area contributed by atoms with Gasteiger partial charge in [0.25, 0.3) is 0 Å². The van der Waals surface area contributed by atoms with Crippen molar-refractivity contribution in [3.63, 3.8) is 0 Å². The second-order valence-corrected chi connectivity index (χ2v) is 7.83. The van der Waals surface area contributed by atoms with E-state index >= 15 is 0 Å². The number of carbonyl (C=O) groups is 2. The van der Waals surface area contributed by atoms with Crippen molar-refractivity contribution in [3.8, 4) is 0 Å². The molecule has 0 bridgehead atoms. The number of carbonyl (C=O) groups excluding carboxylic acids is 2. The van der Waals surface area contributed by atoms with Crippen LogP contribution in [0, 0.1) is 0 Å². The lowest BCUT2D eigenvalue weighted by Gasteiger charge is -2.33. The Kier molecular flexibility index (Phi) is 7.17.